The molecule has 1 aliphatic carbocycles. The molecule has 2 unspecified atom stereocenters. The summed E-state index contributed by atoms with van der Waals surface area (Å²) in [6.07, 6.45) is 6.62. The van der Waals surface area contributed by atoms with E-state index in [0.29, 0.717) is 5.54 Å². The van der Waals surface area contributed by atoms with Crippen molar-refractivity contribution in [2.45, 2.75) is 51.5 Å². The molecule has 0 heterocycles. The van der Waals surface area contributed by atoms with Crippen molar-refractivity contribution >= 4 is 0 Å². The minimum absolute atomic E-state index is 0.300. The van der Waals surface area contributed by atoms with Gasteiger partial charge in [0.05, 0.1) is 0 Å². The molecule has 0 bridgehead atoms. The SMILES string of the molecule is CCCN(C)C1(CN)CCCCC1C. The molecule has 0 radical (unpaired) electrons. The molecule has 0 spiro atoms. The molecule has 0 aromatic carbocycles. The molecule has 2 heteroatoms. The molecule has 1 fully saturated rings. The number of rotatable bonds is 4. The lowest BCUT2D eigenvalue weighted by molar-refractivity contribution is 0.0339. The number of likely N-dealkylation sites (N-methyl/N-ethyl adjacent to an activating group) is 1. The van der Waals surface area contributed by atoms with Crippen LogP contribution in [-0.4, -0.2) is 30.6 Å². The third-order valence-corrected chi connectivity index (χ3v) is 4.09. The van der Waals surface area contributed by atoms with E-state index in [0.717, 1.165) is 12.5 Å². The van der Waals surface area contributed by atoms with Gasteiger partial charge in [-0.15, -0.1) is 0 Å². The minimum atomic E-state index is 0.300. The van der Waals surface area contributed by atoms with Crippen molar-refractivity contribution in [1.29, 1.82) is 0 Å². The van der Waals surface area contributed by atoms with E-state index >= 15 is 0 Å². The number of nitrogens with zero attached hydrogens (tertiary/aromatic N) is 1. The van der Waals surface area contributed by atoms with Crippen molar-refractivity contribution in [3.63, 3.8) is 0 Å². The Balaban J connectivity index is 2.71. The van der Waals surface area contributed by atoms with Crippen molar-refractivity contribution in [3.8, 4) is 0 Å². The highest BCUT2D eigenvalue weighted by molar-refractivity contribution is 4.97. The second-order valence-electron chi connectivity index (χ2n) is 4.88. The predicted molar refractivity (Wildman–Crippen MR) is 62.3 cm³/mol. The molecule has 2 N–H and O–H groups in total. The highest BCUT2D eigenvalue weighted by atomic mass is 15.2. The van der Waals surface area contributed by atoms with Gasteiger partial charge in [-0.05, 0) is 38.8 Å². The predicted octanol–water partition coefficient (Wildman–Crippen LogP) is 2.24. The molecule has 2 nitrogen and oxygen atoms in total. The first-order chi connectivity index (χ1) is 6.67. The second kappa shape index (κ2) is 5.13. The van der Waals surface area contributed by atoms with Gasteiger partial charge in [0.1, 0.15) is 0 Å². The third-order valence-electron chi connectivity index (χ3n) is 4.09. The van der Waals surface area contributed by atoms with Crippen LogP contribution in [0.4, 0.5) is 0 Å². The highest BCUT2D eigenvalue weighted by Gasteiger charge is 2.39. The van der Waals surface area contributed by atoms with Crippen LogP contribution in [0.15, 0.2) is 0 Å². The minimum Gasteiger partial charge on any atom is -0.329 e. The zero-order chi connectivity index (χ0) is 10.6. The van der Waals surface area contributed by atoms with E-state index in [-0.39, 0.29) is 0 Å². The second-order valence-corrected chi connectivity index (χ2v) is 4.88. The van der Waals surface area contributed by atoms with Crippen LogP contribution in [0, 0.1) is 5.92 Å². The molecule has 0 aromatic heterocycles. The highest BCUT2D eigenvalue weighted by Crippen LogP contribution is 2.36. The summed E-state index contributed by atoms with van der Waals surface area (Å²) in [4.78, 5) is 2.51. The van der Waals surface area contributed by atoms with Crippen molar-refractivity contribution in [2.75, 3.05) is 20.1 Å². The fourth-order valence-corrected chi connectivity index (χ4v) is 2.98. The maximum Gasteiger partial charge on any atom is 0.0354 e. The van der Waals surface area contributed by atoms with Gasteiger partial charge in [-0.3, -0.25) is 4.90 Å². The monoisotopic (exact) mass is 198 g/mol. The van der Waals surface area contributed by atoms with E-state index in [4.69, 9.17) is 5.73 Å². The first-order valence-electron chi connectivity index (χ1n) is 6.08. The van der Waals surface area contributed by atoms with E-state index in [9.17, 15) is 0 Å². The standard InChI is InChI=1S/C12H26N2/c1-4-9-14(3)12(10-13)8-6-5-7-11(12)2/h11H,4-10,13H2,1-3H3. The van der Waals surface area contributed by atoms with Gasteiger partial charge < -0.3 is 5.73 Å². The Labute approximate surface area is 88.8 Å². The topological polar surface area (TPSA) is 29.3 Å². The van der Waals surface area contributed by atoms with Crippen molar-refractivity contribution in [2.24, 2.45) is 11.7 Å². The fraction of sp³-hybridized carbons (Fsp3) is 1.00. The molecule has 1 rings (SSSR count). The zero-order valence-electron chi connectivity index (χ0n) is 10.1. The molecule has 0 aromatic rings. The lowest BCUT2D eigenvalue weighted by Crippen LogP contribution is -2.57. The van der Waals surface area contributed by atoms with Crippen LogP contribution in [0.3, 0.4) is 0 Å². The van der Waals surface area contributed by atoms with Crippen LogP contribution in [0.5, 0.6) is 0 Å². The third kappa shape index (κ3) is 2.12. The van der Waals surface area contributed by atoms with Crippen LogP contribution in [0.1, 0.15) is 46.0 Å². The zero-order valence-corrected chi connectivity index (χ0v) is 10.1. The van der Waals surface area contributed by atoms with Crippen molar-refractivity contribution < 1.29 is 0 Å². The summed E-state index contributed by atoms with van der Waals surface area (Å²) in [5.41, 5.74) is 6.32. The van der Waals surface area contributed by atoms with E-state index in [1.807, 2.05) is 0 Å². The Kier molecular flexibility index (Phi) is 4.39. The largest absolute Gasteiger partial charge is 0.329 e. The first kappa shape index (κ1) is 12.0. The Bertz CT molecular complexity index is 170. The molecule has 84 valence electrons. The Hall–Kier alpha value is -0.0800. The average Bonchev–Trinajstić information content (AvgIpc) is 2.19. The molecule has 0 aliphatic heterocycles. The van der Waals surface area contributed by atoms with Gasteiger partial charge in [0, 0.05) is 12.1 Å². The number of nitrogens with two attached hydrogens (primary N) is 1. The van der Waals surface area contributed by atoms with Gasteiger partial charge in [0.25, 0.3) is 0 Å². The molecule has 1 saturated carbocycles. The summed E-state index contributed by atoms with van der Waals surface area (Å²) in [6, 6.07) is 0. The summed E-state index contributed by atoms with van der Waals surface area (Å²) in [5.74, 6) is 0.762. The van der Waals surface area contributed by atoms with Crippen LogP contribution < -0.4 is 5.73 Å². The van der Waals surface area contributed by atoms with Gasteiger partial charge >= 0.3 is 0 Å². The molecule has 14 heavy (non-hydrogen) atoms. The maximum atomic E-state index is 6.02. The molecule has 2 atom stereocenters. The van der Waals surface area contributed by atoms with Gasteiger partial charge in [-0.1, -0.05) is 26.7 Å². The lowest BCUT2D eigenvalue weighted by Gasteiger charge is -2.48. The van der Waals surface area contributed by atoms with Crippen LogP contribution in [-0.2, 0) is 0 Å². The summed E-state index contributed by atoms with van der Waals surface area (Å²) in [7, 11) is 2.25. The van der Waals surface area contributed by atoms with Crippen molar-refractivity contribution in [1.82, 2.24) is 4.90 Å². The summed E-state index contributed by atoms with van der Waals surface area (Å²) < 4.78 is 0. The molecular weight excluding hydrogens is 172 g/mol. The van der Waals surface area contributed by atoms with Gasteiger partial charge in [0.15, 0.2) is 0 Å². The maximum absolute atomic E-state index is 6.02. The smallest absolute Gasteiger partial charge is 0.0354 e. The molecule has 0 saturated heterocycles. The molecule has 0 amide bonds. The van der Waals surface area contributed by atoms with Crippen molar-refractivity contribution in [3.05, 3.63) is 0 Å². The van der Waals surface area contributed by atoms with Crippen LogP contribution in [0.25, 0.3) is 0 Å². The van der Waals surface area contributed by atoms with E-state index in [1.54, 1.807) is 0 Å². The normalized spacial score (nSPS) is 33.6. The van der Waals surface area contributed by atoms with Gasteiger partial charge in [-0.2, -0.15) is 0 Å². The quantitative estimate of drug-likeness (QED) is 0.750. The Morgan fingerprint density at radius 3 is 2.64 bits per heavy atom. The summed E-state index contributed by atoms with van der Waals surface area (Å²) in [6.45, 7) is 6.62. The Morgan fingerprint density at radius 2 is 2.14 bits per heavy atom. The van der Waals surface area contributed by atoms with E-state index in [1.165, 1.54) is 38.6 Å². The number of hydrogen-bond acceptors (Lipinski definition) is 2. The fourth-order valence-electron chi connectivity index (χ4n) is 2.98. The van der Waals surface area contributed by atoms with Gasteiger partial charge in [-0.25, -0.2) is 0 Å². The lowest BCUT2D eigenvalue weighted by atomic mass is 9.72. The van der Waals surface area contributed by atoms with Crippen LogP contribution in [0.2, 0.25) is 0 Å². The molecular formula is C12H26N2. The molecule has 1 aliphatic rings. The van der Waals surface area contributed by atoms with E-state index in [2.05, 4.69) is 25.8 Å². The van der Waals surface area contributed by atoms with Gasteiger partial charge in [0.2, 0.25) is 0 Å². The number of hydrogen-bond donors (Lipinski definition) is 1. The Morgan fingerprint density at radius 1 is 1.43 bits per heavy atom. The van der Waals surface area contributed by atoms with Crippen LogP contribution >= 0.6 is 0 Å². The first-order valence-corrected chi connectivity index (χ1v) is 6.08. The summed E-state index contributed by atoms with van der Waals surface area (Å²) in [5, 5.41) is 0. The average molecular weight is 198 g/mol. The summed E-state index contributed by atoms with van der Waals surface area (Å²) >= 11 is 0. The van der Waals surface area contributed by atoms with E-state index < -0.39 is 0 Å².